The molecular formula is C10H13N5O2. The normalized spacial score (nSPS) is 10.5. The maximum Gasteiger partial charge on any atom is 0.277 e. The second-order valence-electron chi connectivity index (χ2n) is 3.54. The third-order valence-corrected chi connectivity index (χ3v) is 2.25. The molecule has 0 unspecified atom stereocenters. The van der Waals surface area contributed by atoms with Gasteiger partial charge < -0.3 is 15.6 Å². The minimum absolute atomic E-state index is 0.327. The molecule has 7 nitrogen and oxygen atoms in total. The molecule has 0 aromatic carbocycles. The molecule has 1 amide bonds. The number of carbonyl (C=O) groups excluding carboxylic acids is 1. The maximum absolute atomic E-state index is 12.0. The number of rotatable bonds is 3. The van der Waals surface area contributed by atoms with E-state index < -0.39 is 0 Å². The summed E-state index contributed by atoms with van der Waals surface area (Å²) in [6, 6.07) is 1.63. The molecular weight excluding hydrogens is 222 g/mol. The quantitative estimate of drug-likeness (QED) is 0.827. The molecule has 2 aromatic rings. The molecule has 0 spiro atoms. The van der Waals surface area contributed by atoms with Gasteiger partial charge in [0, 0.05) is 12.6 Å². The SMILES string of the molecule is CCn1ncc(N)c1C(=O)Nc1cc(C)on1. The van der Waals surface area contributed by atoms with Crippen molar-refractivity contribution >= 4 is 17.4 Å². The molecule has 90 valence electrons. The zero-order valence-electron chi connectivity index (χ0n) is 9.60. The number of aromatic nitrogens is 3. The van der Waals surface area contributed by atoms with Crippen molar-refractivity contribution in [1.29, 1.82) is 0 Å². The molecule has 7 heteroatoms. The Hall–Kier alpha value is -2.31. The standard InChI is InChI=1S/C10H13N5O2/c1-3-15-9(7(11)5-12-15)10(16)13-8-4-6(2)17-14-8/h4-5H,3,11H2,1-2H3,(H,13,14,16). The minimum Gasteiger partial charge on any atom is -0.396 e. The van der Waals surface area contributed by atoms with E-state index in [9.17, 15) is 4.79 Å². The van der Waals surface area contributed by atoms with Crippen molar-refractivity contribution in [3.05, 3.63) is 23.7 Å². The van der Waals surface area contributed by atoms with E-state index in [4.69, 9.17) is 10.3 Å². The molecule has 0 radical (unpaired) electrons. The van der Waals surface area contributed by atoms with Gasteiger partial charge in [-0.25, -0.2) is 0 Å². The predicted molar refractivity (Wildman–Crippen MR) is 61.5 cm³/mol. The number of hydrogen-bond acceptors (Lipinski definition) is 5. The zero-order chi connectivity index (χ0) is 12.4. The van der Waals surface area contributed by atoms with Crippen LogP contribution in [-0.4, -0.2) is 20.8 Å². The zero-order valence-corrected chi connectivity index (χ0v) is 9.60. The van der Waals surface area contributed by atoms with Gasteiger partial charge in [0.25, 0.3) is 5.91 Å². The summed E-state index contributed by atoms with van der Waals surface area (Å²) < 4.78 is 6.38. The fourth-order valence-electron chi connectivity index (χ4n) is 1.49. The van der Waals surface area contributed by atoms with E-state index in [1.807, 2.05) is 6.92 Å². The third-order valence-electron chi connectivity index (χ3n) is 2.25. The van der Waals surface area contributed by atoms with Crippen LogP contribution in [-0.2, 0) is 6.54 Å². The van der Waals surface area contributed by atoms with Gasteiger partial charge in [0.2, 0.25) is 0 Å². The fraction of sp³-hybridized carbons (Fsp3) is 0.300. The smallest absolute Gasteiger partial charge is 0.277 e. The molecule has 17 heavy (non-hydrogen) atoms. The highest BCUT2D eigenvalue weighted by atomic mass is 16.5. The molecule has 0 bridgehead atoms. The molecule has 0 aliphatic heterocycles. The summed E-state index contributed by atoms with van der Waals surface area (Å²) in [5.74, 6) is 0.628. The Morgan fingerprint density at radius 3 is 3.00 bits per heavy atom. The van der Waals surface area contributed by atoms with E-state index in [1.165, 1.54) is 10.9 Å². The molecule has 2 heterocycles. The van der Waals surface area contributed by atoms with Gasteiger partial charge in [-0.1, -0.05) is 5.16 Å². The van der Waals surface area contributed by atoms with E-state index in [1.54, 1.807) is 13.0 Å². The maximum atomic E-state index is 12.0. The number of hydrogen-bond donors (Lipinski definition) is 2. The Morgan fingerprint density at radius 1 is 1.65 bits per heavy atom. The second kappa shape index (κ2) is 4.28. The molecule has 2 aromatic heterocycles. The van der Waals surface area contributed by atoms with E-state index in [0.717, 1.165) is 0 Å². The van der Waals surface area contributed by atoms with Crippen LogP contribution in [0.1, 0.15) is 23.2 Å². The highest BCUT2D eigenvalue weighted by molar-refractivity contribution is 6.05. The first-order valence-corrected chi connectivity index (χ1v) is 5.17. The summed E-state index contributed by atoms with van der Waals surface area (Å²) in [6.07, 6.45) is 1.45. The number of nitrogen functional groups attached to an aromatic ring is 1. The van der Waals surface area contributed by atoms with Crippen LogP contribution in [0, 0.1) is 6.92 Å². The van der Waals surface area contributed by atoms with Gasteiger partial charge >= 0.3 is 0 Å². The summed E-state index contributed by atoms with van der Waals surface area (Å²) in [6.45, 7) is 4.19. The van der Waals surface area contributed by atoms with Crippen LogP contribution in [0.3, 0.4) is 0 Å². The van der Waals surface area contributed by atoms with Crippen LogP contribution in [0.2, 0.25) is 0 Å². The fourth-order valence-corrected chi connectivity index (χ4v) is 1.49. The topological polar surface area (TPSA) is 99.0 Å². The van der Waals surface area contributed by atoms with Crippen molar-refractivity contribution in [2.45, 2.75) is 20.4 Å². The number of amides is 1. The van der Waals surface area contributed by atoms with Crippen LogP contribution in [0.5, 0.6) is 0 Å². The Bertz CT molecular complexity index is 543. The molecule has 0 aliphatic carbocycles. The number of nitrogens with two attached hydrogens (primary N) is 1. The Kier molecular flexibility index (Phi) is 2.82. The highest BCUT2D eigenvalue weighted by Crippen LogP contribution is 2.14. The van der Waals surface area contributed by atoms with Gasteiger partial charge in [-0.15, -0.1) is 0 Å². The Balaban J connectivity index is 2.22. The number of carbonyl (C=O) groups is 1. The van der Waals surface area contributed by atoms with Crippen molar-refractivity contribution < 1.29 is 9.32 Å². The van der Waals surface area contributed by atoms with Gasteiger partial charge in [-0.05, 0) is 13.8 Å². The molecule has 0 saturated carbocycles. The number of nitrogens with zero attached hydrogens (tertiary/aromatic N) is 3. The molecule has 2 rings (SSSR count). The summed E-state index contributed by atoms with van der Waals surface area (Å²) in [7, 11) is 0. The minimum atomic E-state index is -0.352. The van der Waals surface area contributed by atoms with Crippen molar-refractivity contribution in [3.8, 4) is 0 Å². The van der Waals surface area contributed by atoms with E-state index in [2.05, 4.69) is 15.6 Å². The third kappa shape index (κ3) is 2.12. The lowest BCUT2D eigenvalue weighted by Gasteiger charge is -2.04. The van der Waals surface area contributed by atoms with Gasteiger partial charge in [0.1, 0.15) is 11.5 Å². The monoisotopic (exact) mass is 235 g/mol. The number of aryl methyl sites for hydroxylation is 2. The Labute approximate surface area is 97.6 Å². The predicted octanol–water partition coefficient (Wildman–Crippen LogP) is 1.03. The lowest BCUT2D eigenvalue weighted by Crippen LogP contribution is -2.18. The van der Waals surface area contributed by atoms with Gasteiger partial charge in [-0.2, -0.15) is 5.10 Å². The summed E-state index contributed by atoms with van der Waals surface area (Å²) in [5, 5.41) is 10.3. The van der Waals surface area contributed by atoms with Crippen LogP contribution < -0.4 is 11.1 Å². The largest absolute Gasteiger partial charge is 0.396 e. The van der Waals surface area contributed by atoms with Crippen LogP contribution >= 0.6 is 0 Å². The highest BCUT2D eigenvalue weighted by Gasteiger charge is 2.17. The van der Waals surface area contributed by atoms with E-state index in [0.29, 0.717) is 29.5 Å². The van der Waals surface area contributed by atoms with E-state index in [-0.39, 0.29) is 5.91 Å². The Morgan fingerprint density at radius 2 is 2.41 bits per heavy atom. The molecule has 0 atom stereocenters. The first-order valence-electron chi connectivity index (χ1n) is 5.17. The molecule has 3 N–H and O–H groups in total. The van der Waals surface area contributed by atoms with Crippen LogP contribution in [0.4, 0.5) is 11.5 Å². The number of nitrogens with one attached hydrogen (secondary N) is 1. The van der Waals surface area contributed by atoms with Crippen LogP contribution in [0.25, 0.3) is 0 Å². The summed E-state index contributed by atoms with van der Waals surface area (Å²) in [4.78, 5) is 12.0. The summed E-state index contributed by atoms with van der Waals surface area (Å²) in [5.41, 5.74) is 6.35. The van der Waals surface area contributed by atoms with Crippen molar-refractivity contribution in [3.63, 3.8) is 0 Å². The average molecular weight is 235 g/mol. The molecule has 0 saturated heterocycles. The lowest BCUT2D eigenvalue weighted by atomic mass is 10.3. The summed E-state index contributed by atoms with van der Waals surface area (Å²) >= 11 is 0. The molecule has 0 fully saturated rings. The van der Waals surface area contributed by atoms with Crippen molar-refractivity contribution in [1.82, 2.24) is 14.9 Å². The lowest BCUT2D eigenvalue weighted by molar-refractivity contribution is 0.101. The van der Waals surface area contributed by atoms with Crippen LogP contribution in [0.15, 0.2) is 16.8 Å². The first-order chi connectivity index (χ1) is 8.11. The van der Waals surface area contributed by atoms with E-state index >= 15 is 0 Å². The number of anilines is 2. The van der Waals surface area contributed by atoms with Gasteiger partial charge in [0.15, 0.2) is 5.82 Å². The first kappa shape index (κ1) is 11.2. The average Bonchev–Trinajstić information content (AvgIpc) is 2.84. The second-order valence-corrected chi connectivity index (χ2v) is 3.54. The van der Waals surface area contributed by atoms with Crippen molar-refractivity contribution in [2.24, 2.45) is 0 Å². The molecule has 0 aliphatic rings. The van der Waals surface area contributed by atoms with Gasteiger partial charge in [-0.3, -0.25) is 9.48 Å². The van der Waals surface area contributed by atoms with Crippen molar-refractivity contribution in [2.75, 3.05) is 11.1 Å². The van der Waals surface area contributed by atoms with Gasteiger partial charge in [0.05, 0.1) is 11.9 Å².